The Bertz CT molecular complexity index is 641. The molecule has 6 heteroatoms. The van der Waals surface area contributed by atoms with Crippen LogP contribution in [0.3, 0.4) is 0 Å². The molecule has 1 heterocycles. The summed E-state index contributed by atoms with van der Waals surface area (Å²) in [7, 11) is 0. The number of nitrogens with one attached hydrogen (secondary N) is 2. The Hall–Kier alpha value is -2.34. The van der Waals surface area contributed by atoms with Crippen LogP contribution < -0.4 is 15.4 Å². The third-order valence-corrected chi connectivity index (χ3v) is 3.80. The highest BCUT2D eigenvalue weighted by atomic mass is 32.1. The average molecular weight is 318 g/mol. The zero-order valence-corrected chi connectivity index (χ0v) is 13.3. The topological polar surface area (TPSA) is 67.4 Å². The summed E-state index contributed by atoms with van der Waals surface area (Å²) in [6, 6.07) is 10.1. The number of ether oxygens (including phenoxy) is 1. The van der Waals surface area contributed by atoms with Gasteiger partial charge in [-0.2, -0.15) is 0 Å². The smallest absolute Gasteiger partial charge is 0.261 e. The third-order valence-electron chi connectivity index (χ3n) is 2.93. The standard InChI is InChI=1S/C16H18N2O3S/c1-3-21-13-8-5-4-7-12(13)18-15(19)11(2)17-16(20)14-9-6-10-22-14/h4-11H,3H2,1-2H3,(H,17,20)(H,18,19)/t11-/m1/s1. The van der Waals surface area contributed by atoms with Gasteiger partial charge in [0.25, 0.3) is 5.91 Å². The first-order valence-corrected chi connectivity index (χ1v) is 7.87. The summed E-state index contributed by atoms with van der Waals surface area (Å²) < 4.78 is 5.46. The number of rotatable bonds is 6. The molecule has 116 valence electrons. The number of para-hydroxylation sites is 2. The van der Waals surface area contributed by atoms with Gasteiger partial charge in [-0.1, -0.05) is 18.2 Å². The van der Waals surface area contributed by atoms with Gasteiger partial charge >= 0.3 is 0 Å². The van der Waals surface area contributed by atoms with Crippen molar-refractivity contribution in [1.29, 1.82) is 0 Å². The van der Waals surface area contributed by atoms with Crippen LogP contribution in [-0.4, -0.2) is 24.5 Å². The summed E-state index contributed by atoms with van der Waals surface area (Å²) in [6.45, 7) is 4.03. The lowest BCUT2D eigenvalue weighted by Gasteiger charge is -2.15. The molecule has 1 atom stereocenters. The Balaban J connectivity index is 1.98. The normalized spacial score (nSPS) is 11.5. The number of hydrogen-bond acceptors (Lipinski definition) is 4. The van der Waals surface area contributed by atoms with Gasteiger partial charge in [-0.15, -0.1) is 11.3 Å². The van der Waals surface area contributed by atoms with Crippen molar-refractivity contribution in [2.24, 2.45) is 0 Å². The monoisotopic (exact) mass is 318 g/mol. The highest BCUT2D eigenvalue weighted by Gasteiger charge is 2.18. The van der Waals surface area contributed by atoms with Crippen molar-refractivity contribution in [3.8, 4) is 5.75 Å². The van der Waals surface area contributed by atoms with Crippen LogP contribution in [0.25, 0.3) is 0 Å². The number of carbonyl (C=O) groups excluding carboxylic acids is 2. The molecule has 0 radical (unpaired) electrons. The van der Waals surface area contributed by atoms with E-state index in [-0.39, 0.29) is 11.8 Å². The molecule has 0 bridgehead atoms. The SMILES string of the molecule is CCOc1ccccc1NC(=O)[C@@H](C)NC(=O)c1cccs1. The van der Waals surface area contributed by atoms with Crippen LogP contribution in [0.5, 0.6) is 5.75 Å². The average Bonchev–Trinajstić information content (AvgIpc) is 3.03. The van der Waals surface area contributed by atoms with E-state index < -0.39 is 6.04 Å². The summed E-state index contributed by atoms with van der Waals surface area (Å²) in [5.74, 6) is 0.0583. The molecule has 0 spiro atoms. The van der Waals surface area contributed by atoms with Crippen LogP contribution in [-0.2, 0) is 4.79 Å². The summed E-state index contributed by atoms with van der Waals surface area (Å²) in [4.78, 5) is 24.7. The van der Waals surface area contributed by atoms with Crippen molar-refractivity contribution in [1.82, 2.24) is 5.32 Å². The molecule has 22 heavy (non-hydrogen) atoms. The molecule has 2 amide bonds. The van der Waals surface area contributed by atoms with E-state index in [4.69, 9.17) is 4.74 Å². The van der Waals surface area contributed by atoms with E-state index in [1.54, 1.807) is 31.2 Å². The highest BCUT2D eigenvalue weighted by molar-refractivity contribution is 7.12. The molecule has 0 saturated heterocycles. The molecule has 0 unspecified atom stereocenters. The van der Waals surface area contributed by atoms with Crippen LogP contribution in [0.2, 0.25) is 0 Å². The van der Waals surface area contributed by atoms with Crippen molar-refractivity contribution in [3.05, 3.63) is 46.7 Å². The summed E-state index contributed by atoms with van der Waals surface area (Å²) in [6.07, 6.45) is 0. The lowest BCUT2D eigenvalue weighted by molar-refractivity contribution is -0.117. The Morgan fingerprint density at radius 2 is 2.00 bits per heavy atom. The first kappa shape index (κ1) is 16.0. The maximum atomic E-state index is 12.2. The number of anilines is 1. The van der Waals surface area contributed by atoms with E-state index in [0.717, 1.165) is 0 Å². The summed E-state index contributed by atoms with van der Waals surface area (Å²) in [5.41, 5.74) is 0.589. The number of amides is 2. The van der Waals surface area contributed by atoms with Gasteiger partial charge in [0.1, 0.15) is 11.8 Å². The second kappa shape index (κ2) is 7.61. The Morgan fingerprint density at radius 1 is 1.23 bits per heavy atom. The maximum absolute atomic E-state index is 12.2. The van der Waals surface area contributed by atoms with Gasteiger partial charge in [0.15, 0.2) is 0 Å². The minimum absolute atomic E-state index is 0.254. The highest BCUT2D eigenvalue weighted by Crippen LogP contribution is 2.23. The molecular formula is C16H18N2O3S. The maximum Gasteiger partial charge on any atom is 0.261 e. The van der Waals surface area contributed by atoms with Gasteiger partial charge in [-0.05, 0) is 37.4 Å². The molecule has 0 aliphatic carbocycles. The third kappa shape index (κ3) is 4.08. The zero-order valence-electron chi connectivity index (χ0n) is 12.5. The molecule has 0 aliphatic rings. The second-order valence-electron chi connectivity index (χ2n) is 4.59. The quantitative estimate of drug-likeness (QED) is 0.860. The van der Waals surface area contributed by atoms with Gasteiger partial charge < -0.3 is 15.4 Å². The van der Waals surface area contributed by atoms with E-state index in [1.807, 2.05) is 24.4 Å². The minimum atomic E-state index is -0.649. The molecule has 1 aromatic heterocycles. The largest absolute Gasteiger partial charge is 0.492 e. The molecule has 2 rings (SSSR count). The molecule has 5 nitrogen and oxygen atoms in total. The van der Waals surface area contributed by atoms with Crippen LogP contribution in [0, 0.1) is 0 Å². The van der Waals surface area contributed by atoms with Gasteiger partial charge in [0.2, 0.25) is 5.91 Å². The fourth-order valence-corrected chi connectivity index (χ4v) is 2.46. The van der Waals surface area contributed by atoms with Crippen molar-refractivity contribution >= 4 is 28.8 Å². The molecule has 1 aromatic carbocycles. The summed E-state index contributed by atoms with van der Waals surface area (Å²) >= 11 is 1.33. The number of benzene rings is 1. The molecule has 0 aliphatic heterocycles. The summed E-state index contributed by atoms with van der Waals surface area (Å²) in [5, 5.41) is 7.26. The van der Waals surface area contributed by atoms with E-state index in [0.29, 0.717) is 22.9 Å². The Kier molecular flexibility index (Phi) is 5.55. The fraction of sp³-hybridized carbons (Fsp3) is 0.250. The van der Waals surface area contributed by atoms with Gasteiger partial charge in [0.05, 0.1) is 17.2 Å². The lowest BCUT2D eigenvalue weighted by atomic mass is 10.2. The van der Waals surface area contributed by atoms with Crippen molar-refractivity contribution in [2.45, 2.75) is 19.9 Å². The molecule has 2 aromatic rings. The van der Waals surface area contributed by atoms with Crippen molar-refractivity contribution in [3.63, 3.8) is 0 Å². The predicted molar refractivity (Wildman–Crippen MR) is 87.5 cm³/mol. The zero-order chi connectivity index (χ0) is 15.9. The molecular weight excluding hydrogens is 300 g/mol. The molecule has 0 saturated carbocycles. The Morgan fingerprint density at radius 3 is 2.68 bits per heavy atom. The molecule has 0 fully saturated rings. The number of carbonyl (C=O) groups is 2. The van der Waals surface area contributed by atoms with Crippen molar-refractivity contribution < 1.29 is 14.3 Å². The minimum Gasteiger partial charge on any atom is -0.492 e. The van der Waals surface area contributed by atoms with E-state index in [2.05, 4.69) is 10.6 Å². The van der Waals surface area contributed by atoms with Gasteiger partial charge in [0, 0.05) is 0 Å². The van der Waals surface area contributed by atoms with Crippen molar-refractivity contribution in [2.75, 3.05) is 11.9 Å². The lowest BCUT2D eigenvalue weighted by Crippen LogP contribution is -2.41. The number of thiophene rings is 1. The van der Waals surface area contributed by atoms with Crippen LogP contribution in [0.1, 0.15) is 23.5 Å². The predicted octanol–water partition coefficient (Wildman–Crippen LogP) is 2.90. The van der Waals surface area contributed by atoms with E-state index in [9.17, 15) is 9.59 Å². The van der Waals surface area contributed by atoms with Crippen LogP contribution in [0.15, 0.2) is 41.8 Å². The van der Waals surface area contributed by atoms with Gasteiger partial charge in [-0.3, -0.25) is 9.59 Å². The van der Waals surface area contributed by atoms with Crippen LogP contribution in [0.4, 0.5) is 5.69 Å². The molecule has 2 N–H and O–H groups in total. The van der Waals surface area contributed by atoms with E-state index >= 15 is 0 Å². The van der Waals surface area contributed by atoms with Crippen LogP contribution >= 0.6 is 11.3 Å². The first-order chi connectivity index (χ1) is 10.6. The van der Waals surface area contributed by atoms with E-state index in [1.165, 1.54) is 11.3 Å². The fourth-order valence-electron chi connectivity index (χ4n) is 1.83. The Labute approximate surface area is 133 Å². The number of hydrogen-bond donors (Lipinski definition) is 2. The van der Waals surface area contributed by atoms with Gasteiger partial charge in [-0.25, -0.2) is 0 Å². The first-order valence-electron chi connectivity index (χ1n) is 6.99. The second-order valence-corrected chi connectivity index (χ2v) is 5.54.